The van der Waals surface area contributed by atoms with Crippen LogP contribution >= 0.6 is 11.8 Å². The van der Waals surface area contributed by atoms with Crippen LogP contribution in [0.4, 0.5) is 0 Å². The number of thioether (sulfide) groups is 1. The lowest BCUT2D eigenvalue weighted by Crippen LogP contribution is -2.32. The van der Waals surface area contributed by atoms with Gasteiger partial charge in [0, 0.05) is 13.6 Å². The van der Waals surface area contributed by atoms with Crippen LogP contribution in [0.15, 0.2) is 29.4 Å². The number of aromatic nitrogens is 4. The van der Waals surface area contributed by atoms with Crippen LogP contribution in [0.5, 0.6) is 5.75 Å². The average molecular weight is 321 g/mol. The molecule has 0 aliphatic heterocycles. The normalized spacial score (nSPS) is 12.0. The number of nitrogens with zero attached hydrogens (tertiary/aromatic N) is 4. The van der Waals surface area contributed by atoms with Crippen LogP contribution in [0.25, 0.3) is 0 Å². The SMILES string of the molecule is COc1ccc(CCNC(=O)[C@H](C)Sc2nnnn2C)cc1. The van der Waals surface area contributed by atoms with Crippen LogP contribution in [0.2, 0.25) is 0 Å². The molecule has 0 saturated carbocycles. The third-order valence-electron chi connectivity index (χ3n) is 3.10. The summed E-state index contributed by atoms with van der Waals surface area (Å²) >= 11 is 1.33. The molecule has 1 amide bonds. The third-order valence-corrected chi connectivity index (χ3v) is 4.23. The van der Waals surface area contributed by atoms with Gasteiger partial charge in [-0.1, -0.05) is 23.9 Å². The average Bonchev–Trinajstić information content (AvgIpc) is 2.93. The number of benzene rings is 1. The van der Waals surface area contributed by atoms with Crippen molar-refractivity contribution in [2.45, 2.75) is 23.8 Å². The standard InChI is InChI=1S/C14H19N5O2S/c1-10(22-14-16-17-18-19(14)2)13(20)15-9-8-11-4-6-12(21-3)7-5-11/h4-7,10H,8-9H2,1-3H3,(H,15,20)/t10-/m0/s1. The van der Waals surface area contributed by atoms with E-state index in [2.05, 4.69) is 20.8 Å². The molecule has 0 aliphatic rings. The van der Waals surface area contributed by atoms with E-state index < -0.39 is 0 Å². The molecule has 1 aromatic heterocycles. The first-order valence-electron chi connectivity index (χ1n) is 6.90. The minimum atomic E-state index is -0.249. The second-order valence-corrected chi connectivity index (χ2v) is 6.04. The number of carbonyl (C=O) groups is 1. The molecule has 2 rings (SSSR count). The summed E-state index contributed by atoms with van der Waals surface area (Å²) in [6, 6.07) is 7.82. The van der Waals surface area contributed by atoms with E-state index in [1.54, 1.807) is 18.8 Å². The number of rotatable bonds is 7. The summed E-state index contributed by atoms with van der Waals surface area (Å²) in [5, 5.41) is 14.4. The van der Waals surface area contributed by atoms with Crippen LogP contribution < -0.4 is 10.1 Å². The van der Waals surface area contributed by atoms with Crippen LogP contribution in [-0.4, -0.2) is 45.0 Å². The smallest absolute Gasteiger partial charge is 0.233 e. The van der Waals surface area contributed by atoms with E-state index >= 15 is 0 Å². The number of aryl methyl sites for hydroxylation is 1. The van der Waals surface area contributed by atoms with Crippen molar-refractivity contribution >= 4 is 17.7 Å². The molecule has 0 radical (unpaired) electrons. The summed E-state index contributed by atoms with van der Waals surface area (Å²) in [5.41, 5.74) is 1.15. The Morgan fingerprint density at radius 3 is 2.73 bits per heavy atom. The maximum absolute atomic E-state index is 12.0. The fourth-order valence-electron chi connectivity index (χ4n) is 1.80. The molecule has 0 saturated heterocycles. The van der Waals surface area contributed by atoms with Gasteiger partial charge in [-0.05, 0) is 41.5 Å². The van der Waals surface area contributed by atoms with Gasteiger partial charge >= 0.3 is 0 Å². The minimum Gasteiger partial charge on any atom is -0.497 e. The quantitative estimate of drug-likeness (QED) is 0.768. The number of ether oxygens (including phenoxy) is 1. The Morgan fingerprint density at radius 1 is 1.41 bits per heavy atom. The zero-order chi connectivity index (χ0) is 15.9. The van der Waals surface area contributed by atoms with Crippen LogP contribution in [0, 0.1) is 0 Å². The molecule has 0 spiro atoms. The van der Waals surface area contributed by atoms with Gasteiger partial charge in [-0.2, -0.15) is 0 Å². The molecular formula is C14H19N5O2S. The fourth-order valence-corrected chi connectivity index (χ4v) is 2.58. The predicted octanol–water partition coefficient (Wildman–Crippen LogP) is 1.06. The summed E-state index contributed by atoms with van der Waals surface area (Å²) in [6.07, 6.45) is 0.776. The summed E-state index contributed by atoms with van der Waals surface area (Å²) in [5.74, 6) is 0.802. The number of hydrogen-bond acceptors (Lipinski definition) is 6. The number of tetrazole rings is 1. The summed E-state index contributed by atoms with van der Waals surface area (Å²) in [7, 11) is 3.39. The van der Waals surface area contributed by atoms with E-state index in [0.29, 0.717) is 11.7 Å². The van der Waals surface area contributed by atoms with Gasteiger partial charge in [-0.15, -0.1) is 5.10 Å². The van der Waals surface area contributed by atoms with E-state index in [1.807, 2.05) is 31.2 Å². The molecule has 0 fully saturated rings. The number of nitrogens with one attached hydrogen (secondary N) is 1. The van der Waals surface area contributed by atoms with Crippen molar-refractivity contribution in [2.24, 2.45) is 7.05 Å². The van der Waals surface area contributed by atoms with Gasteiger partial charge in [0.05, 0.1) is 12.4 Å². The summed E-state index contributed by atoms with van der Waals surface area (Å²) in [6.45, 7) is 2.43. The Hall–Kier alpha value is -2.09. The van der Waals surface area contributed by atoms with Gasteiger partial charge in [0.2, 0.25) is 11.1 Å². The van der Waals surface area contributed by atoms with E-state index in [1.165, 1.54) is 11.8 Å². The minimum absolute atomic E-state index is 0.0264. The zero-order valence-corrected chi connectivity index (χ0v) is 13.6. The molecule has 1 aromatic carbocycles. The zero-order valence-electron chi connectivity index (χ0n) is 12.8. The molecule has 1 atom stereocenters. The molecule has 2 aromatic rings. The molecule has 1 N–H and O–H groups in total. The van der Waals surface area contributed by atoms with E-state index in [0.717, 1.165) is 17.7 Å². The van der Waals surface area contributed by atoms with Crippen molar-refractivity contribution in [3.05, 3.63) is 29.8 Å². The highest BCUT2D eigenvalue weighted by atomic mass is 32.2. The summed E-state index contributed by atoms with van der Waals surface area (Å²) < 4.78 is 6.66. The van der Waals surface area contributed by atoms with Gasteiger partial charge in [0.15, 0.2) is 0 Å². The lowest BCUT2D eigenvalue weighted by atomic mass is 10.1. The monoisotopic (exact) mass is 321 g/mol. The number of carbonyl (C=O) groups excluding carboxylic acids is 1. The Morgan fingerprint density at radius 2 is 2.14 bits per heavy atom. The van der Waals surface area contributed by atoms with Crippen LogP contribution in [0.1, 0.15) is 12.5 Å². The van der Waals surface area contributed by atoms with Gasteiger partial charge in [-0.25, -0.2) is 4.68 Å². The predicted molar refractivity (Wildman–Crippen MR) is 83.8 cm³/mol. The van der Waals surface area contributed by atoms with Crippen LogP contribution in [0.3, 0.4) is 0 Å². The number of amides is 1. The highest BCUT2D eigenvalue weighted by molar-refractivity contribution is 8.00. The molecule has 7 nitrogen and oxygen atoms in total. The summed E-state index contributed by atoms with van der Waals surface area (Å²) in [4.78, 5) is 12.0. The topological polar surface area (TPSA) is 81.9 Å². The van der Waals surface area contributed by atoms with Gasteiger partial charge in [0.1, 0.15) is 5.75 Å². The molecule has 0 unspecified atom stereocenters. The van der Waals surface area contributed by atoms with Crippen molar-refractivity contribution in [2.75, 3.05) is 13.7 Å². The van der Waals surface area contributed by atoms with Crippen molar-refractivity contribution in [3.63, 3.8) is 0 Å². The molecule has 118 valence electrons. The molecule has 0 aliphatic carbocycles. The van der Waals surface area contributed by atoms with Gasteiger partial charge < -0.3 is 10.1 Å². The van der Waals surface area contributed by atoms with E-state index in [4.69, 9.17) is 4.74 Å². The van der Waals surface area contributed by atoms with Crippen molar-refractivity contribution in [1.29, 1.82) is 0 Å². The first-order valence-corrected chi connectivity index (χ1v) is 7.77. The number of hydrogen-bond donors (Lipinski definition) is 1. The maximum atomic E-state index is 12.0. The second-order valence-electron chi connectivity index (χ2n) is 4.73. The molecule has 8 heteroatoms. The largest absolute Gasteiger partial charge is 0.497 e. The highest BCUT2D eigenvalue weighted by Crippen LogP contribution is 2.19. The molecule has 22 heavy (non-hydrogen) atoms. The molecular weight excluding hydrogens is 302 g/mol. The molecule has 1 heterocycles. The Labute approximate surface area is 133 Å². The Kier molecular flexibility index (Phi) is 5.76. The van der Waals surface area contributed by atoms with Gasteiger partial charge in [-0.3, -0.25) is 4.79 Å². The highest BCUT2D eigenvalue weighted by Gasteiger charge is 2.17. The lowest BCUT2D eigenvalue weighted by molar-refractivity contribution is -0.120. The van der Waals surface area contributed by atoms with Crippen LogP contribution in [-0.2, 0) is 18.3 Å². The van der Waals surface area contributed by atoms with Crippen molar-refractivity contribution in [3.8, 4) is 5.75 Å². The van der Waals surface area contributed by atoms with E-state index in [9.17, 15) is 4.79 Å². The Balaban J connectivity index is 1.75. The molecule has 0 bridgehead atoms. The lowest BCUT2D eigenvalue weighted by Gasteiger charge is -2.11. The van der Waals surface area contributed by atoms with Gasteiger partial charge in [0.25, 0.3) is 0 Å². The van der Waals surface area contributed by atoms with Crippen molar-refractivity contribution < 1.29 is 9.53 Å². The first kappa shape index (κ1) is 16.3. The van der Waals surface area contributed by atoms with Crippen molar-refractivity contribution in [1.82, 2.24) is 25.5 Å². The number of methoxy groups -OCH3 is 1. The Bertz CT molecular complexity index is 614. The van der Waals surface area contributed by atoms with E-state index in [-0.39, 0.29) is 11.2 Å². The fraction of sp³-hybridized carbons (Fsp3) is 0.429. The maximum Gasteiger partial charge on any atom is 0.233 e. The first-order chi connectivity index (χ1) is 10.6. The third kappa shape index (κ3) is 4.45. The second kappa shape index (κ2) is 7.79.